The predicted molar refractivity (Wildman–Crippen MR) is 185 cm³/mol. The summed E-state index contributed by atoms with van der Waals surface area (Å²) in [6.45, 7) is 16.0. The average Bonchev–Trinajstić information content (AvgIpc) is 2.98. The first-order chi connectivity index (χ1) is 20.7. The second-order valence-corrected chi connectivity index (χ2v) is 15.7. The van der Waals surface area contributed by atoms with Crippen LogP contribution in [0.5, 0.6) is 0 Å². The first kappa shape index (κ1) is 30.2. The van der Waals surface area contributed by atoms with Gasteiger partial charge in [-0.1, -0.05) is 21.8 Å². The Hall–Kier alpha value is -2.87. The van der Waals surface area contributed by atoms with Gasteiger partial charge in [0.1, 0.15) is 5.82 Å². The molecule has 1 atom stereocenters. The zero-order chi connectivity index (χ0) is 30.3. The molecule has 1 spiro atoms. The molecule has 2 N–H and O–H groups in total. The summed E-state index contributed by atoms with van der Waals surface area (Å²) in [4.78, 5) is 23.8. The van der Waals surface area contributed by atoms with E-state index in [9.17, 15) is 0 Å². The van der Waals surface area contributed by atoms with Crippen molar-refractivity contribution in [2.75, 3.05) is 62.1 Å². The number of nitrogens with one attached hydrogen (secondary N) is 2. The van der Waals surface area contributed by atoms with Crippen LogP contribution in [0.3, 0.4) is 0 Å². The average molecular weight is 662 g/mol. The Morgan fingerprint density at radius 2 is 1.77 bits per heavy atom. The molecule has 2 aromatic heterocycles. The lowest BCUT2D eigenvalue weighted by Gasteiger charge is -2.53. The first-order valence-electron chi connectivity index (χ1n) is 15.2. The van der Waals surface area contributed by atoms with E-state index in [1.807, 2.05) is 12.3 Å². The number of halogens is 1. The molecular weight excluding hydrogens is 619 g/mol. The summed E-state index contributed by atoms with van der Waals surface area (Å²) in [5, 5.41) is 8.34. The number of likely N-dealkylation sites (tertiary alicyclic amines) is 1. The van der Waals surface area contributed by atoms with E-state index in [1.54, 1.807) is 12.4 Å². The van der Waals surface area contributed by atoms with Gasteiger partial charge < -0.3 is 20.4 Å². The molecular formula is C33H42BrN8P. The number of aromatic nitrogens is 4. The Morgan fingerprint density at radius 3 is 2.47 bits per heavy atom. The minimum Gasteiger partial charge on any atom is -0.371 e. The molecule has 10 heteroatoms. The van der Waals surface area contributed by atoms with Crippen molar-refractivity contribution in [3.63, 3.8) is 0 Å². The van der Waals surface area contributed by atoms with Crippen molar-refractivity contribution in [1.82, 2.24) is 24.8 Å². The van der Waals surface area contributed by atoms with Gasteiger partial charge in [-0.3, -0.25) is 9.97 Å². The third-order valence-corrected chi connectivity index (χ3v) is 11.1. The summed E-state index contributed by atoms with van der Waals surface area (Å²) in [7, 11) is 1.79. The van der Waals surface area contributed by atoms with Gasteiger partial charge in [0.25, 0.3) is 0 Å². The van der Waals surface area contributed by atoms with E-state index in [4.69, 9.17) is 4.98 Å². The summed E-state index contributed by atoms with van der Waals surface area (Å²) in [6, 6.07) is 8.79. The maximum atomic E-state index is 4.93. The van der Waals surface area contributed by atoms with Crippen molar-refractivity contribution in [3.05, 3.63) is 58.5 Å². The van der Waals surface area contributed by atoms with E-state index in [0.717, 1.165) is 46.4 Å². The van der Waals surface area contributed by atoms with Crippen LogP contribution in [0.1, 0.15) is 50.2 Å². The Bertz CT molecular complexity index is 1630. The zero-order valence-electron chi connectivity index (χ0n) is 26.1. The fraction of sp³-hybridized carbons (Fsp3) is 0.455. The highest BCUT2D eigenvalue weighted by atomic mass is 79.9. The summed E-state index contributed by atoms with van der Waals surface area (Å²) < 4.78 is 0.800. The Balaban J connectivity index is 1.28. The number of nitrogens with zero attached hydrogens (tertiary/aromatic N) is 6. The van der Waals surface area contributed by atoms with Gasteiger partial charge in [0.05, 0.1) is 15.5 Å². The molecule has 0 aliphatic carbocycles. The fourth-order valence-electron chi connectivity index (χ4n) is 6.76. The van der Waals surface area contributed by atoms with E-state index < -0.39 is 7.92 Å². The van der Waals surface area contributed by atoms with Gasteiger partial charge in [-0.2, -0.15) is 4.98 Å². The molecule has 6 rings (SSSR count). The van der Waals surface area contributed by atoms with E-state index in [0.29, 0.717) is 23.1 Å². The lowest BCUT2D eigenvalue weighted by atomic mass is 9.72. The van der Waals surface area contributed by atoms with E-state index in [-0.39, 0.29) is 0 Å². The van der Waals surface area contributed by atoms with Gasteiger partial charge in [-0.25, -0.2) is 4.98 Å². The van der Waals surface area contributed by atoms with Gasteiger partial charge in [-0.05, 0) is 109 Å². The molecule has 1 unspecified atom stereocenters. The molecule has 0 radical (unpaired) electrons. The standard InChI is InChI=1S/C33H42BrN8P/c1-7-21(2)23-17-28(42-14-10-33(11-15-42)19-41(4)20-33)22(3)16-27(23)39-32-37-18-24(34)31(40-32)38-26-9-8-25-29(30(26)43(5)6)36-13-12-35-25/h8-9,12-13,16-18,21H,7,10-11,14-15,19-20H2,1-6H3,(H2,37,38,39,40). The van der Waals surface area contributed by atoms with Crippen molar-refractivity contribution in [2.45, 2.75) is 46.0 Å². The van der Waals surface area contributed by atoms with Crippen molar-refractivity contribution in [2.24, 2.45) is 5.41 Å². The molecule has 4 aromatic rings. The maximum absolute atomic E-state index is 4.93. The lowest BCUT2D eigenvalue weighted by Crippen LogP contribution is -2.58. The number of hydrogen-bond donors (Lipinski definition) is 2. The number of fused-ring (bicyclic) bond motifs is 1. The van der Waals surface area contributed by atoms with Gasteiger partial charge in [0.2, 0.25) is 5.95 Å². The van der Waals surface area contributed by atoms with Crippen LogP contribution in [0.25, 0.3) is 11.0 Å². The van der Waals surface area contributed by atoms with E-state index >= 15 is 0 Å². The van der Waals surface area contributed by atoms with Crippen LogP contribution < -0.4 is 20.8 Å². The van der Waals surface area contributed by atoms with E-state index in [1.165, 1.54) is 48.0 Å². The molecule has 2 fully saturated rings. The van der Waals surface area contributed by atoms with Crippen LogP contribution >= 0.6 is 23.9 Å². The minimum absolute atomic E-state index is 0.404. The predicted octanol–water partition coefficient (Wildman–Crippen LogP) is 7.39. The highest BCUT2D eigenvalue weighted by Gasteiger charge is 2.43. The zero-order valence-corrected chi connectivity index (χ0v) is 28.6. The highest BCUT2D eigenvalue weighted by molar-refractivity contribution is 9.10. The monoisotopic (exact) mass is 660 g/mol. The highest BCUT2D eigenvalue weighted by Crippen LogP contribution is 2.42. The molecule has 0 bridgehead atoms. The number of piperidine rings is 1. The van der Waals surface area contributed by atoms with Crippen LogP contribution in [0.15, 0.2) is 47.3 Å². The van der Waals surface area contributed by atoms with Gasteiger partial charge in [0.15, 0.2) is 0 Å². The minimum atomic E-state index is -0.446. The Morgan fingerprint density at radius 1 is 1.02 bits per heavy atom. The molecule has 0 amide bonds. The number of aryl methyl sites for hydroxylation is 1. The summed E-state index contributed by atoms with van der Waals surface area (Å²) >= 11 is 3.67. The normalized spacial score (nSPS) is 17.3. The molecule has 226 valence electrons. The quantitative estimate of drug-likeness (QED) is 0.189. The van der Waals surface area contributed by atoms with Gasteiger partial charge in [-0.15, -0.1) is 0 Å². The Labute approximate surface area is 265 Å². The lowest BCUT2D eigenvalue weighted by molar-refractivity contribution is 0.00130. The SMILES string of the molecule is CCC(C)c1cc(N2CCC3(CC2)CN(C)C3)c(C)cc1Nc1ncc(Br)c(Nc2ccc3nccnc3c2P(C)C)n1. The third-order valence-electron chi connectivity index (χ3n) is 9.19. The largest absolute Gasteiger partial charge is 0.371 e. The van der Waals surface area contributed by atoms with Crippen molar-refractivity contribution < 1.29 is 0 Å². The van der Waals surface area contributed by atoms with Crippen LogP contribution in [-0.4, -0.2) is 71.4 Å². The summed E-state index contributed by atoms with van der Waals surface area (Å²) in [6.07, 6.45) is 8.93. The van der Waals surface area contributed by atoms with Gasteiger partial charge >= 0.3 is 0 Å². The smallest absolute Gasteiger partial charge is 0.229 e. The summed E-state index contributed by atoms with van der Waals surface area (Å²) in [5.41, 5.74) is 8.41. The topological polar surface area (TPSA) is 82.1 Å². The van der Waals surface area contributed by atoms with Crippen LogP contribution in [0.2, 0.25) is 0 Å². The molecule has 2 aromatic carbocycles. The maximum Gasteiger partial charge on any atom is 0.229 e. The van der Waals surface area contributed by atoms with Crippen LogP contribution in [0.4, 0.5) is 28.8 Å². The number of benzene rings is 2. The van der Waals surface area contributed by atoms with Crippen LogP contribution in [-0.2, 0) is 0 Å². The number of rotatable bonds is 8. The first-order valence-corrected chi connectivity index (χ1v) is 18.2. The second-order valence-electron chi connectivity index (χ2n) is 12.6. The fourth-order valence-corrected chi connectivity index (χ4v) is 8.26. The van der Waals surface area contributed by atoms with Crippen molar-refractivity contribution >= 4 is 69.0 Å². The Kier molecular flexibility index (Phi) is 8.60. The summed E-state index contributed by atoms with van der Waals surface area (Å²) in [5.74, 6) is 1.68. The molecule has 2 aliphatic heterocycles. The molecule has 0 saturated carbocycles. The molecule has 2 aliphatic rings. The third kappa shape index (κ3) is 6.09. The molecule has 8 nitrogen and oxygen atoms in total. The van der Waals surface area contributed by atoms with Crippen molar-refractivity contribution in [3.8, 4) is 0 Å². The number of hydrogen-bond acceptors (Lipinski definition) is 8. The molecule has 2 saturated heterocycles. The van der Waals surface area contributed by atoms with Crippen molar-refractivity contribution in [1.29, 1.82) is 0 Å². The molecule has 4 heterocycles. The van der Waals surface area contributed by atoms with E-state index in [2.05, 4.69) is 111 Å². The molecule has 43 heavy (non-hydrogen) atoms. The number of anilines is 5. The second kappa shape index (κ2) is 12.3. The van der Waals surface area contributed by atoms with Crippen LogP contribution in [0, 0.1) is 12.3 Å². The van der Waals surface area contributed by atoms with Gasteiger partial charge in [0, 0.05) is 67.1 Å².